The third-order valence-electron chi connectivity index (χ3n) is 22.0. The van der Waals surface area contributed by atoms with Gasteiger partial charge in [-0.2, -0.15) is 0 Å². The molecule has 2 aliphatic rings. The Morgan fingerprint density at radius 3 is 1.37 bits per heavy atom. The van der Waals surface area contributed by atoms with Crippen LogP contribution in [0.5, 0.6) is 0 Å². The van der Waals surface area contributed by atoms with Crippen LogP contribution in [0.4, 0.5) is 0 Å². The van der Waals surface area contributed by atoms with Crippen molar-refractivity contribution in [2.75, 3.05) is 0 Å². The molecule has 0 fully saturated rings. The van der Waals surface area contributed by atoms with Crippen molar-refractivity contribution in [3.05, 3.63) is 338 Å². The zero-order valence-electron chi connectivity index (χ0n) is 56.7. The van der Waals surface area contributed by atoms with Gasteiger partial charge in [0.15, 0.2) is 11.6 Å². The van der Waals surface area contributed by atoms with Crippen molar-refractivity contribution >= 4 is 64.8 Å². The molecule has 0 amide bonds. The molecule has 0 atom stereocenters. The number of hydrogen-bond acceptors (Lipinski definition) is 6. The molecule has 0 bridgehead atoms. The predicted octanol–water partition coefficient (Wildman–Crippen LogP) is 24.6. The molecular formula is C96H64N6. The molecule has 0 radical (unpaired) electrons. The Morgan fingerprint density at radius 2 is 0.725 bits per heavy atom. The number of fused-ring (bicyclic) bond motifs is 14. The number of pyridine rings is 2. The van der Waals surface area contributed by atoms with E-state index in [1.54, 1.807) is 0 Å². The van der Waals surface area contributed by atoms with Crippen LogP contribution in [0.3, 0.4) is 0 Å². The quantitative estimate of drug-likeness (QED) is 0.143. The Kier molecular flexibility index (Phi) is 13.2. The number of aromatic nitrogens is 6. The van der Waals surface area contributed by atoms with Crippen molar-refractivity contribution in [3.63, 3.8) is 0 Å². The van der Waals surface area contributed by atoms with E-state index >= 15 is 0 Å². The first kappa shape index (κ1) is 59.2. The van der Waals surface area contributed by atoms with Crippen molar-refractivity contribution in [2.45, 2.75) is 38.5 Å². The van der Waals surface area contributed by atoms with Crippen molar-refractivity contribution in [1.82, 2.24) is 29.9 Å². The van der Waals surface area contributed by atoms with E-state index in [4.69, 9.17) is 24.9 Å². The Balaban J connectivity index is 0.685. The van der Waals surface area contributed by atoms with Crippen molar-refractivity contribution in [2.24, 2.45) is 0 Å². The summed E-state index contributed by atoms with van der Waals surface area (Å²) >= 11 is 0. The molecule has 478 valence electrons. The van der Waals surface area contributed by atoms with Gasteiger partial charge >= 0.3 is 0 Å². The van der Waals surface area contributed by atoms with Crippen LogP contribution in [0.15, 0.2) is 316 Å². The molecule has 0 aliphatic heterocycles. The first-order valence-electron chi connectivity index (χ1n) is 35.1. The molecule has 18 aromatic rings. The lowest BCUT2D eigenvalue weighted by Gasteiger charge is -2.25. The fourth-order valence-corrected chi connectivity index (χ4v) is 17.0. The number of rotatable bonds is 9. The summed E-state index contributed by atoms with van der Waals surface area (Å²) in [5.41, 5.74) is 27.1. The SMILES string of the molecule is CC1(C)c2ccc(-c3ccc(-c4cc(-c5cccc6cc(-c7cc8ccccc8c8c7C(C)(C)c7ccc(-c9ccc(-c%10cc(-c%11ccc%12ccncc%12c%11)nc(-c%11ccccc%11)n%10)c%10ccccc9%10)cc7-8)cnc56)nc(-c5ccccc5)n4)c4ccccc34)cc2-c2c1ccc1ccccc21. The van der Waals surface area contributed by atoms with Crippen LogP contribution in [-0.2, 0) is 10.8 Å². The minimum atomic E-state index is -0.360. The van der Waals surface area contributed by atoms with Crippen LogP contribution in [0.1, 0.15) is 49.9 Å². The molecule has 0 N–H and O–H groups in total. The molecule has 0 saturated carbocycles. The van der Waals surface area contributed by atoms with Gasteiger partial charge in [-0.3, -0.25) is 9.97 Å². The first-order valence-corrected chi connectivity index (χ1v) is 35.1. The maximum absolute atomic E-state index is 5.49. The number of para-hydroxylation sites is 1. The molecular weight excluding hydrogens is 1240 g/mol. The maximum atomic E-state index is 5.49. The fraction of sp³-hybridized carbons (Fsp3) is 0.0625. The first-order chi connectivity index (χ1) is 50.1. The summed E-state index contributed by atoms with van der Waals surface area (Å²) in [7, 11) is 0. The second kappa shape index (κ2) is 22.8. The number of benzene rings is 14. The van der Waals surface area contributed by atoms with Crippen molar-refractivity contribution < 1.29 is 0 Å². The molecule has 6 heteroatoms. The molecule has 14 aromatic carbocycles. The normalized spacial score (nSPS) is 13.3. The standard InChI is InChI=1S/C96H64N6/c1-95(2)82-43-37-62(51-80(82)89-70-27-13-11-20-58(70)36-45-84(89)95)68-40-42-77(75-32-18-16-29-72(68)75)87-54-88(102-94(101-87)60-23-9-6-10-24-60)78-33-19-26-65-49-67(56-98-92(65)78)79-50-61-25-12-14-28-71(61)90-81-52-63(38-44-83(81)96(3,4)91(79)90)69-39-41-76(74-31-17-15-30-73(69)74)86-53-85(99-93(100-86)59-21-7-5-8-22-59)64-35-34-57-46-47-97-55-66(57)48-64/h5-56H,1-4H3. The average Bonchev–Trinajstić information content (AvgIpc) is 1.56. The van der Waals surface area contributed by atoms with E-state index in [9.17, 15) is 0 Å². The van der Waals surface area contributed by atoms with Gasteiger partial charge in [0.25, 0.3) is 0 Å². The van der Waals surface area contributed by atoms with Crippen molar-refractivity contribution in [1.29, 1.82) is 0 Å². The monoisotopic (exact) mass is 1300 g/mol. The molecule has 4 aromatic heterocycles. The Morgan fingerprint density at radius 1 is 0.245 bits per heavy atom. The Bertz CT molecular complexity index is 6570. The predicted molar refractivity (Wildman–Crippen MR) is 422 cm³/mol. The highest BCUT2D eigenvalue weighted by Gasteiger charge is 2.40. The van der Waals surface area contributed by atoms with Crippen LogP contribution >= 0.6 is 0 Å². The van der Waals surface area contributed by atoms with Gasteiger partial charge in [-0.1, -0.05) is 276 Å². The van der Waals surface area contributed by atoms with Gasteiger partial charge in [0.2, 0.25) is 0 Å². The Hall–Kier alpha value is -12.9. The van der Waals surface area contributed by atoms with E-state index in [2.05, 4.69) is 306 Å². The fourth-order valence-electron chi connectivity index (χ4n) is 17.0. The second-order valence-electron chi connectivity index (χ2n) is 28.5. The lowest BCUT2D eigenvalue weighted by molar-refractivity contribution is 0.661. The summed E-state index contributed by atoms with van der Waals surface area (Å²) in [6, 6.07) is 108. The molecule has 2 aliphatic carbocycles. The largest absolute Gasteiger partial charge is 0.264 e. The summed E-state index contributed by atoms with van der Waals surface area (Å²) in [5, 5.41) is 12.8. The van der Waals surface area contributed by atoms with E-state index in [1.165, 1.54) is 88.1 Å². The van der Waals surface area contributed by atoms with Crippen LogP contribution in [0.2, 0.25) is 0 Å². The lowest BCUT2D eigenvalue weighted by Crippen LogP contribution is -2.16. The summed E-state index contributed by atoms with van der Waals surface area (Å²) in [6.45, 7) is 9.51. The number of nitrogens with zero attached hydrogens (tertiary/aromatic N) is 6. The van der Waals surface area contributed by atoms with Gasteiger partial charge in [0.05, 0.1) is 28.3 Å². The smallest absolute Gasteiger partial charge is 0.160 e. The zero-order chi connectivity index (χ0) is 68.0. The van der Waals surface area contributed by atoms with E-state index < -0.39 is 0 Å². The van der Waals surface area contributed by atoms with Gasteiger partial charge in [0, 0.05) is 79.1 Å². The summed E-state index contributed by atoms with van der Waals surface area (Å²) in [4.78, 5) is 31.3. The van der Waals surface area contributed by atoms with E-state index in [0.29, 0.717) is 11.6 Å². The van der Waals surface area contributed by atoms with Crippen LogP contribution < -0.4 is 0 Å². The van der Waals surface area contributed by atoms with Gasteiger partial charge in [-0.05, 0) is 169 Å². The van der Waals surface area contributed by atoms with Gasteiger partial charge in [-0.15, -0.1) is 0 Å². The van der Waals surface area contributed by atoms with E-state index in [0.717, 1.165) is 111 Å². The third kappa shape index (κ3) is 9.33. The lowest BCUT2D eigenvalue weighted by atomic mass is 9.78. The number of hydrogen-bond donors (Lipinski definition) is 0. The average molecular weight is 1300 g/mol. The molecule has 0 saturated heterocycles. The third-order valence-corrected chi connectivity index (χ3v) is 22.0. The van der Waals surface area contributed by atoms with Crippen molar-refractivity contribution in [3.8, 4) is 123 Å². The summed E-state index contributed by atoms with van der Waals surface area (Å²) in [6.07, 6.45) is 5.84. The molecule has 0 spiro atoms. The van der Waals surface area contributed by atoms with Gasteiger partial charge in [-0.25, -0.2) is 19.9 Å². The highest BCUT2D eigenvalue weighted by molar-refractivity contribution is 6.12. The van der Waals surface area contributed by atoms with Crippen LogP contribution in [-0.4, -0.2) is 29.9 Å². The van der Waals surface area contributed by atoms with Crippen LogP contribution in [0.25, 0.3) is 188 Å². The Labute approximate surface area is 591 Å². The topological polar surface area (TPSA) is 77.3 Å². The molecule has 20 rings (SSSR count). The highest BCUT2D eigenvalue weighted by Crippen LogP contribution is 2.57. The maximum Gasteiger partial charge on any atom is 0.160 e. The molecule has 6 nitrogen and oxygen atoms in total. The second-order valence-corrected chi connectivity index (χ2v) is 28.5. The molecule has 4 heterocycles. The van der Waals surface area contributed by atoms with E-state index in [1.807, 2.05) is 42.7 Å². The zero-order valence-corrected chi connectivity index (χ0v) is 56.7. The summed E-state index contributed by atoms with van der Waals surface area (Å²) in [5.74, 6) is 1.33. The van der Waals surface area contributed by atoms with Gasteiger partial charge in [0.1, 0.15) is 0 Å². The minimum absolute atomic E-state index is 0.119. The molecule has 0 unspecified atom stereocenters. The minimum Gasteiger partial charge on any atom is -0.264 e. The summed E-state index contributed by atoms with van der Waals surface area (Å²) < 4.78 is 0. The van der Waals surface area contributed by atoms with E-state index in [-0.39, 0.29) is 10.8 Å². The van der Waals surface area contributed by atoms with Crippen LogP contribution in [0, 0.1) is 0 Å². The van der Waals surface area contributed by atoms with Gasteiger partial charge < -0.3 is 0 Å². The highest BCUT2D eigenvalue weighted by atomic mass is 14.9. The molecule has 102 heavy (non-hydrogen) atoms.